The Morgan fingerprint density at radius 3 is 2.23 bits per heavy atom. The summed E-state index contributed by atoms with van der Waals surface area (Å²) in [5, 5.41) is 15.6. The van der Waals surface area contributed by atoms with E-state index < -0.39 is 29.9 Å². The number of carboxylic acid groups (broad SMARTS) is 1. The van der Waals surface area contributed by atoms with Gasteiger partial charge in [-0.25, -0.2) is 4.79 Å². The van der Waals surface area contributed by atoms with Crippen LogP contribution in [0.25, 0.3) is 0 Å². The summed E-state index contributed by atoms with van der Waals surface area (Å²) in [7, 11) is 0. The lowest BCUT2D eigenvalue weighted by Crippen LogP contribution is -2.64. The minimum Gasteiger partial charge on any atom is -0.480 e. The normalized spacial score (nSPS) is 20.7. The van der Waals surface area contributed by atoms with Crippen LogP contribution in [0.1, 0.15) is 68.3 Å². The fourth-order valence-corrected chi connectivity index (χ4v) is 6.17. The minimum absolute atomic E-state index is 0.0258. The van der Waals surface area contributed by atoms with Gasteiger partial charge in [-0.3, -0.25) is 19.4 Å². The van der Waals surface area contributed by atoms with Gasteiger partial charge < -0.3 is 20.6 Å². The zero-order valence-electron chi connectivity index (χ0n) is 22.5. The molecule has 3 N–H and O–H groups in total. The standard InChI is InChI=1S/C29H34Cl2N4O5/c1-16(2)3-12-24(36)35-20-10-6-18(7-11-20)26(35)28(38)34-23(29(39)40)13-17-4-8-19(9-5-17)33-27(37)25-21(30)14-32-15-22(25)31/h4-5,8-9,14-16,18,20,23,26H,3,6-7,10-13H2,1-2H3,(H,33,37)(H,34,38)(H,39,40)/t18?,20?,23-,26-/m0/s1. The maximum Gasteiger partial charge on any atom is 0.326 e. The highest BCUT2D eigenvalue weighted by molar-refractivity contribution is 6.40. The molecular formula is C29H34Cl2N4O5. The number of nitrogens with one attached hydrogen (secondary N) is 2. The number of fused-ring (bicyclic) bond motifs is 3. The molecule has 2 atom stereocenters. The van der Waals surface area contributed by atoms with Crippen molar-refractivity contribution < 1.29 is 24.3 Å². The Kier molecular flexibility index (Phi) is 9.68. The van der Waals surface area contributed by atoms with E-state index in [0.717, 1.165) is 32.1 Å². The summed E-state index contributed by atoms with van der Waals surface area (Å²) in [5.41, 5.74) is 1.22. The number of nitrogens with zero attached hydrogens (tertiary/aromatic N) is 2. The molecule has 1 aliphatic carbocycles. The van der Waals surface area contributed by atoms with Crippen LogP contribution in [0.5, 0.6) is 0 Å². The molecule has 1 saturated carbocycles. The highest BCUT2D eigenvalue weighted by Crippen LogP contribution is 2.40. The third kappa shape index (κ3) is 6.93. The second kappa shape index (κ2) is 13.0. The number of benzene rings is 1. The molecule has 0 radical (unpaired) electrons. The van der Waals surface area contributed by atoms with E-state index in [9.17, 15) is 24.3 Å². The van der Waals surface area contributed by atoms with E-state index in [1.165, 1.54) is 12.4 Å². The average Bonchev–Trinajstić information content (AvgIpc) is 2.92. The lowest BCUT2D eigenvalue weighted by atomic mass is 9.74. The Morgan fingerprint density at radius 1 is 1.02 bits per heavy atom. The molecule has 40 heavy (non-hydrogen) atoms. The molecule has 0 spiro atoms. The van der Waals surface area contributed by atoms with Gasteiger partial charge >= 0.3 is 5.97 Å². The summed E-state index contributed by atoms with van der Waals surface area (Å²) in [4.78, 5) is 56.9. The summed E-state index contributed by atoms with van der Waals surface area (Å²) in [5.74, 6) is -1.69. The number of hydrogen-bond donors (Lipinski definition) is 3. The molecule has 1 aromatic heterocycles. The molecule has 3 fully saturated rings. The van der Waals surface area contributed by atoms with Gasteiger partial charge in [-0.05, 0) is 61.6 Å². The van der Waals surface area contributed by atoms with Crippen molar-refractivity contribution in [3.8, 4) is 0 Å². The lowest BCUT2D eigenvalue weighted by molar-refractivity contribution is -0.155. The summed E-state index contributed by atoms with van der Waals surface area (Å²) in [6, 6.07) is 4.84. The van der Waals surface area contributed by atoms with Crippen molar-refractivity contribution in [3.63, 3.8) is 0 Å². The lowest BCUT2D eigenvalue weighted by Gasteiger charge is -2.50. The van der Waals surface area contributed by atoms with Gasteiger partial charge in [-0.15, -0.1) is 0 Å². The molecule has 3 amide bonds. The molecule has 2 saturated heterocycles. The second-order valence-corrected chi connectivity index (χ2v) is 11.8. The van der Waals surface area contributed by atoms with Gasteiger partial charge in [0.2, 0.25) is 11.8 Å². The molecule has 11 heteroatoms. The van der Waals surface area contributed by atoms with Crippen molar-refractivity contribution >= 4 is 52.6 Å². The topological polar surface area (TPSA) is 129 Å². The fraction of sp³-hybridized carbons (Fsp3) is 0.483. The number of carboxylic acids is 1. The van der Waals surface area contributed by atoms with Crippen LogP contribution in [0.3, 0.4) is 0 Å². The van der Waals surface area contributed by atoms with Crippen molar-refractivity contribution in [1.29, 1.82) is 0 Å². The van der Waals surface area contributed by atoms with E-state index in [1.54, 1.807) is 29.2 Å². The molecule has 3 aliphatic rings. The molecule has 1 aromatic carbocycles. The van der Waals surface area contributed by atoms with E-state index >= 15 is 0 Å². The van der Waals surface area contributed by atoms with Crippen LogP contribution in [0.2, 0.25) is 10.0 Å². The monoisotopic (exact) mass is 588 g/mol. The minimum atomic E-state index is -1.17. The molecule has 0 unspecified atom stereocenters. The highest BCUT2D eigenvalue weighted by atomic mass is 35.5. The maximum atomic E-state index is 13.5. The van der Waals surface area contributed by atoms with Gasteiger partial charge in [0.15, 0.2) is 0 Å². The Hall–Kier alpha value is -3.17. The van der Waals surface area contributed by atoms with Crippen LogP contribution in [-0.2, 0) is 20.8 Å². The smallest absolute Gasteiger partial charge is 0.326 e. The van der Waals surface area contributed by atoms with E-state index in [-0.39, 0.29) is 39.9 Å². The van der Waals surface area contributed by atoms with Crippen LogP contribution >= 0.6 is 23.2 Å². The first-order valence-corrected chi connectivity index (χ1v) is 14.3. The Bertz CT molecular complexity index is 1240. The van der Waals surface area contributed by atoms with Crippen molar-refractivity contribution in [3.05, 3.63) is 57.8 Å². The number of aliphatic carboxylic acids is 1. The summed E-state index contributed by atoms with van der Waals surface area (Å²) in [6.07, 6.45) is 7.30. The third-order valence-electron chi connectivity index (χ3n) is 7.72. The summed E-state index contributed by atoms with van der Waals surface area (Å²) >= 11 is 12.1. The van der Waals surface area contributed by atoms with Gasteiger partial charge in [-0.1, -0.05) is 49.2 Å². The van der Waals surface area contributed by atoms with Crippen LogP contribution in [0.15, 0.2) is 36.7 Å². The predicted molar refractivity (Wildman–Crippen MR) is 152 cm³/mol. The molecule has 214 valence electrons. The Morgan fingerprint density at radius 2 is 1.65 bits per heavy atom. The SMILES string of the molecule is CC(C)CCC(=O)N1C2CCC(CC2)[C@H]1C(=O)N[C@@H](Cc1ccc(NC(=O)c2c(Cl)cncc2Cl)cc1)C(=O)O. The Balaban J connectivity index is 1.42. The first-order valence-electron chi connectivity index (χ1n) is 13.6. The average molecular weight is 590 g/mol. The van der Waals surface area contributed by atoms with Crippen molar-refractivity contribution in [2.75, 3.05) is 5.32 Å². The van der Waals surface area contributed by atoms with E-state index in [2.05, 4.69) is 29.5 Å². The van der Waals surface area contributed by atoms with E-state index in [0.29, 0.717) is 23.6 Å². The molecule has 2 bridgehead atoms. The first kappa shape index (κ1) is 29.8. The fourth-order valence-electron chi connectivity index (χ4n) is 5.63. The number of carbonyl (C=O) groups excluding carboxylic acids is 3. The van der Waals surface area contributed by atoms with Gasteiger partial charge in [0.05, 0.1) is 15.6 Å². The zero-order valence-corrected chi connectivity index (χ0v) is 24.0. The Labute approximate surface area is 243 Å². The first-order chi connectivity index (χ1) is 19.0. The third-order valence-corrected chi connectivity index (χ3v) is 8.29. The number of halogens is 2. The highest BCUT2D eigenvalue weighted by Gasteiger charge is 2.47. The van der Waals surface area contributed by atoms with Gasteiger partial charge in [0, 0.05) is 37.0 Å². The molecule has 2 aliphatic heterocycles. The molecule has 5 rings (SSSR count). The second-order valence-electron chi connectivity index (χ2n) is 11.0. The number of anilines is 1. The number of pyridine rings is 1. The van der Waals surface area contributed by atoms with Crippen molar-refractivity contribution in [2.24, 2.45) is 11.8 Å². The van der Waals surface area contributed by atoms with E-state index in [1.807, 2.05) is 0 Å². The van der Waals surface area contributed by atoms with Crippen molar-refractivity contribution in [2.45, 2.75) is 76.9 Å². The van der Waals surface area contributed by atoms with Crippen molar-refractivity contribution in [1.82, 2.24) is 15.2 Å². The quantitative estimate of drug-likeness (QED) is 0.360. The molecule has 3 heterocycles. The van der Waals surface area contributed by atoms with Crippen LogP contribution < -0.4 is 10.6 Å². The van der Waals surface area contributed by atoms with Gasteiger partial charge in [0.1, 0.15) is 12.1 Å². The molecular weight excluding hydrogens is 555 g/mol. The molecule has 9 nitrogen and oxygen atoms in total. The number of aromatic nitrogens is 1. The number of amides is 3. The number of rotatable bonds is 10. The van der Waals surface area contributed by atoms with Crippen LogP contribution in [-0.4, -0.2) is 56.8 Å². The predicted octanol–water partition coefficient (Wildman–Crippen LogP) is 4.96. The zero-order chi connectivity index (χ0) is 29.0. The number of piperidine rings is 2. The van der Waals surface area contributed by atoms with Crippen LogP contribution in [0, 0.1) is 11.8 Å². The van der Waals surface area contributed by atoms with E-state index in [4.69, 9.17) is 23.2 Å². The van der Waals surface area contributed by atoms with Crippen LogP contribution in [0.4, 0.5) is 5.69 Å². The van der Waals surface area contributed by atoms with Gasteiger partial charge in [-0.2, -0.15) is 0 Å². The molecule has 2 aromatic rings. The maximum absolute atomic E-state index is 13.5. The summed E-state index contributed by atoms with van der Waals surface area (Å²) < 4.78 is 0. The van der Waals surface area contributed by atoms with Gasteiger partial charge in [0.25, 0.3) is 5.91 Å². The summed E-state index contributed by atoms with van der Waals surface area (Å²) in [6.45, 7) is 4.12. The largest absolute Gasteiger partial charge is 0.480 e. The number of carbonyl (C=O) groups is 4. The number of hydrogen-bond acceptors (Lipinski definition) is 5.